The van der Waals surface area contributed by atoms with Gasteiger partial charge in [-0.3, -0.25) is 15.0 Å². The van der Waals surface area contributed by atoms with Crippen LogP contribution in [0.25, 0.3) is 0 Å². The van der Waals surface area contributed by atoms with Crippen molar-refractivity contribution in [2.75, 3.05) is 41.1 Å². The van der Waals surface area contributed by atoms with Crippen LogP contribution in [-0.2, 0) is 11.2 Å². The van der Waals surface area contributed by atoms with Crippen LogP contribution in [0.4, 0.5) is 32.5 Å². The van der Waals surface area contributed by atoms with Crippen molar-refractivity contribution in [3.63, 3.8) is 0 Å². The molecule has 10 heteroatoms. The number of rotatable bonds is 8. The van der Waals surface area contributed by atoms with Crippen molar-refractivity contribution in [2.45, 2.75) is 32.8 Å². The van der Waals surface area contributed by atoms with Crippen molar-refractivity contribution in [3.8, 4) is 0 Å². The minimum atomic E-state index is -1.12. The van der Waals surface area contributed by atoms with Gasteiger partial charge in [-0.15, -0.1) is 0 Å². The van der Waals surface area contributed by atoms with Gasteiger partial charge in [0.05, 0.1) is 5.56 Å². The minimum absolute atomic E-state index is 0.139. The molecule has 3 N–H and O–H groups in total. The minimum Gasteiger partial charge on any atom is -0.465 e. The molecule has 0 aliphatic heterocycles. The molecule has 0 unspecified atom stereocenters. The van der Waals surface area contributed by atoms with Gasteiger partial charge in [0.15, 0.2) is 0 Å². The number of pyridine rings is 1. The van der Waals surface area contributed by atoms with E-state index in [0.29, 0.717) is 34.9 Å². The molecule has 10 nitrogen and oxygen atoms in total. The molecule has 200 valence electrons. The summed E-state index contributed by atoms with van der Waals surface area (Å²) in [5.74, 6) is 0.0534. The quantitative estimate of drug-likeness (QED) is 0.360. The number of anilines is 4. The van der Waals surface area contributed by atoms with Gasteiger partial charge in [0.1, 0.15) is 11.4 Å². The molecule has 2 aromatic carbocycles. The molecule has 38 heavy (non-hydrogen) atoms. The van der Waals surface area contributed by atoms with Crippen LogP contribution in [-0.4, -0.2) is 54.4 Å². The van der Waals surface area contributed by atoms with E-state index < -0.39 is 17.8 Å². The van der Waals surface area contributed by atoms with Crippen LogP contribution in [0.5, 0.6) is 0 Å². The number of hydrogen-bond donors (Lipinski definition) is 3. The Morgan fingerprint density at radius 1 is 0.921 bits per heavy atom. The van der Waals surface area contributed by atoms with Crippen molar-refractivity contribution >= 4 is 41.0 Å². The molecule has 0 spiro atoms. The zero-order valence-corrected chi connectivity index (χ0v) is 22.2. The molecule has 0 bridgehead atoms. The number of amides is 3. The number of hydrogen-bond acceptors (Lipinski definition) is 6. The average molecular weight is 520 g/mol. The van der Waals surface area contributed by atoms with Gasteiger partial charge in [0.2, 0.25) is 0 Å². The molecule has 3 amide bonds. The number of aromatic nitrogens is 1. The summed E-state index contributed by atoms with van der Waals surface area (Å²) < 4.78 is 5.24. The SMILES string of the molecule is CN(C)c1ccccc1C(=O)Nc1ccc(N(CCc2cccc(NC(=O)OC(C)(C)C)n2)C(=O)O)cc1. The molecule has 0 saturated heterocycles. The highest BCUT2D eigenvalue weighted by atomic mass is 16.6. The lowest BCUT2D eigenvalue weighted by atomic mass is 10.1. The third-order valence-corrected chi connectivity index (χ3v) is 5.33. The highest BCUT2D eigenvalue weighted by molar-refractivity contribution is 6.08. The Labute approximate surface area is 222 Å². The lowest BCUT2D eigenvalue weighted by Crippen LogP contribution is -2.31. The lowest BCUT2D eigenvalue weighted by molar-refractivity contribution is 0.0635. The van der Waals surface area contributed by atoms with E-state index in [1.165, 1.54) is 4.90 Å². The second-order valence-corrected chi connectivity index (χ2v) is 9.74. The predicted octanol–water partition coefficient (Wildman–Crippen LogP) is 5.47. The fourth-order valence-electron chi connectivity index (χ4n) is 3.64. The molecule has 3 aromatic rings. The summed E-state index contributed by atoms with van der Waals surface area (Å²) >= 11 is 0. The van der Waals surface area contributed by atoms with Crippen molar-refractivity contribution < 1.29 is 24.2 Å². The molecule has 1 aromatic heterocycles. The highest BCUT2D eigenvalue weighted by Crippen LogP contribution is 2.22. The van der Waals surface area contributed by atoms with E-state index in [1.54, 1.807) is 75.4 Å². The molecule has 1 heterocycles. The topological polar surface area (TPSA) is 124 Å². The van der Waals surface area contributed by atoms with E-state index in [1.807, 2.05) is 31.1 Å². The second kappa shape index (κ2) is 12.1. The summed E-state index contributed by atoms with van der Waals surface area (Å²) in [5, 5.41) is 15.2. The van der Waals surface area contributed by atoms with Gasteiger partial charge >= 0.3 is 12.2 Å². The summed E-state index contributed by atoms with van der Waals surface area (Å²) in [7, 11) is 3.73. The Balaban J connectivity index is 1.65. The molecule has 0 atom stereocenters. The Morgan fingerprint density at radius 3 is 2.24 bits per heavy atom. The van der Waals surface area contributed by atoms with Gasteiger partial charge in [-0.05, 0) is 69.3 Å². The van der Waals surface area contributed by atoms with Crippen molar-refractivity contribution in [1.82, 2.24) is 4.98 Å². The van der Waals surface area contributed by atoms with Crippen LogP contribution >= 0.6 is 0 Å². The van der Waals surface area contributed by atoms with Gasteiger partial charge in [0, 0.05) is 49.8 Å². The molecule has 0 aliphatic carbocycles. The molecule has 0 fully saturated rings. The van der Waals surface area contributed by atoms with Crippen molar-refractivity contribution in [1.29, 1.82) is 0 Å². The maximum atomic E-state index is 12.8. The van der Waals surface area contributed by atoms with E-state index in [2.05, 4.69) is 15.6 Å². The number of carbonyl (C=O) groups is 3. The highest BCUT2D eigenvalue weighted by Gasteiger charge is 2.18. The zero-order chi connectivity index (χ0) is 27.9. The molecular formula is C28H33N5O5. The number of para-hydroxylation sites is 1. The first-order chi connectivity index (χ1) is 17.9. The van der Waals surface area contributed by atoms with E-state index in [4.69, 9.17) is 4.74 Å². The number of benzene rings is 2. The fourth-order valence-corrected chi connectivity index (χ4v) is 3.64. The first-order valence-corrected chi connectivity index (χ1v) is 12.1. The van der Waals surface area contributed by atoms with Gasteiger partial charge in [-0.2, -0.15) is 0 Å². The molecular weight excluding hydrogens is 486 g/mol. The van der Waals surface area contributed by atoms with E-state index in [9.17, 15) is 19.5 Å². The summed E-state index contributed by atoms with van der Waals surface area (Å²) in [5.41, 5.74) is 2.28. The van der Waals surface area contributed by atoms with E-state index >= 15 is 0 Å². The summed E-state index contributed by atoms with van der Waals surface area (Å²) in [6.07, 6.45) is -1.42. The maximum absolute atomic E-state index is 12.8. The van der Waals surface area contributed by atoms with E-state index in [-0.39, 0.29) is 12.5 Å². The number of carboxylic acid groups (broad SMARTS) is 1. The number of carbonyl (C=O) groups excluding carboxylic acids is 2. The van der Waals surface area contributed by atoms with Crippen LogP contribution in [0.1, 0.15) is 36.8 Å². The summed E-state index contributed by atoms with van der Waals surface area (Å²) in [6, 6.07) is 19.0. The summed E-state index contributed by atoms with van der Waals surface area (Å²) in [4.78, 5) is 44.2. The van der Waals surface area contributed by atoms with Crippen LogP contribution < -0.4 is 20.4 Å². The van der Waals surface area contributed by atoms with Gasteiger partial charge < -0.3 is 20.1 Å². The molecule has 0 aliphatic rings. The van der Waals surface area contributed by atoms with Crippen molar-refractivity contribution in [2.24, 2.45) is 0 Å². The Kier molecular flexibility index (Phi) is 8.90. The number of nitrogens with one attached hydrogen (secondary N) is 2. The van der Waals surface area contributed by atoms with Crippen molar-refractivity contribution in [3.05, 3.63) is 78.0 Å². The van der Waals surface area contributed by atoms with Crippen LogP contribution in [0.3, 0.4) is 0 Å². The maximum Gasteiger partial charge on any atom is 0.413 e. The third kappa shape index (κ3) is 7.95. The lowest BCUT2D eigenvalue weighted by Gasteiger charge is -2.20. The Hall–Kier alpha value is -4.60. The van der Waals surface area contributed by atoms with Gasteiger partial charge in [0.25, 0.3) is 5.91 Å². The fraction of sp³-hybridized carbons (Fsp3) is 0.286. The molecule has 0 saturated carbocycles. The molecule has 0 radical (unpaired) electrons. The zero-order valence-electron chi connectivity index (χ0n) is 22.2. The number of nitrogens with zero attached hydrogens (tertiary/aromatic N) is 3. The largest absolute Gasteiger partial charge is 0.465 e. The standard InChI is InChI=1S/C28H33N5O5/c1-28(2,3)38-26(35)31-24-12-8-9-19(29-24)17-18-33(27(36)37)21-15-13-20(14-16-21)30-25(34)22-10-6-7-11-23(22)32(4)5/h6-16H,17-18H2,1-5H3,(H,30,34)(H,36,37)(H,29,31,35). The van der Waals surface area contributed by atoms with Crippen LogP contribution in [0, 0.1) is 0 Å². The monoisotopic (exact) mass is 519 g/mol. The first-order valence-electron chi connectivity index (χ1n) is 12.1. The Morgan fingerprint density at radius 2 is 1.61 bits per heavy atom. The Bertz CT molecular complexity index is 1290. The normalized spacial score (nSPS) is 10.9. The predicted molar refractivity (Wildman–Crippen MR) is 148 cm³/mol. The third-order valence-electron chi connectivity index (χ3n) is 5.33. The molecule has 3 rings (SSSR count). The van der Waals surface area contributed by atoms with Crippen LogP contribution in [0.2, 0.25) is 0 Å². The summed E-state index contributed by atoms with van der Waals surface area (Å²) in [6.45, 7) is 5.44. The van der Waals surface area contributed by atoms with Gasteiger partial charge in [-0.25, -0.2) is 14.6 Å². The number of ether oxygens (including phenoxy) is 1. The smallest absolute Gasteiger partial charge is 0.413 e. The van der Waals surface area contributed by atoms with Crippen LogP contribution in [0.15, 0.2) is 66.7 Å². The van der Waals surface area contributed by atoms with E-state index in [0.717, 1.165) is 5.69 Å². The first kappa shape index (κ1) is 28.0. The second-order valence-electron chi connectivity index (χ2n) is 9.74. The van der Waals surface area contributed by atoms with Gasteiger partial charge in [-0.1, -0.05) is 18.2 Å². The average Bonchev–Trinajstić information content (AvgIpc) is 2.84.